The summed E-state index contributed by atoms with van der Waals surface area (Å²) in [6.07, 6.45) is 8.55. The van der Waals surface area contributed by atoms with Crippen molar-refractivity contribution in [2.45, 2.75) is 99.2 Å². The molecule has 0 aliphatic heterocycles. The Hall–Kier alpha value is 0.716. The van der Waals surface area contributed by atoms with Crippen LogP contribution in [-0.2, 0) is 0 Å². The van der Waals surface area contributed by atoms with E-state index in [1.807, 2.05) is 3.58 Å². The first-order valence-electron chi connectivity index (χ1n) is 9.92. The second-order valence-corrected chi connectivity index (χ2v) is 28.2. The molecule has 0 saturated heterocycles. The molecule has 0 N–H and O–H groups in total. The Morgan fingerprint density at radius 2 is 1.30 bits per heavy atom. The van der Waals surface area contributed by atoms with Crippen LogP contribution in [-0.4, -0.2) is 26.5 Å². The van der Waals surface area contributed by atoms with Crippen LogP contribution in [0.5, 0.6) is 0 Å². The number of hydrogen-bond donors (Lipinski definition) is 0. The molecule has 0 bridgehead atoms. The fourth-order valence-electron chi connectivity index (χ4n) is 3.70. The first kappa shape index (κ1) is 21.8. The van der Waals surface area contributed by atoms with Crippen molar-refractivity contribution in [1.29, 1.82) is 0 Å². The van der Waals surface area contributed by atoms with Crippen molar-refractivity contribution in [3.63, 3.8) is 0 Å². The summed E-state index contributed by atoms with van der Waals surface area (Å²) in [6.45, 7) is 17.1. The van der Waals surface area contributed by atoms with Gasteiger partial charge >= 0.3 is 156 Å². The van der Waals surface area contributed by atoms with Crippen LogP contribution in [0, 0.1) is 6.92 Å². The summed E-state index contributed by atoms with van der Waals surface area (Å²) in [6, 6.07) is 2.74. The number of aryl methyl sites for hydroxylation is 1. The molecule has 1 heterocycles. The third kappa shape index (κ3) is 6.18. The Bertz CT molecular complexity index is 437. The average molecular weight is 459 g/mol. The predicted octanol–water partition coefficient (Wildman–Crippen LogP) is 6.66. The maximum atomic E-state index is 2.74. The molecule has 0 atom stereocenters. The minimum absolute atomic E-state index is 1.16. The van der Waals surface area contributed by atoms with Gasteiger partial charge in [-0.1, -0.05) is 0 Å². The normalized spacial score (nSPS) is 12.8. The van der Waals surface area contributed by atoms with E-state index in [2.05, 4.69) is 64.7 Å². The molecule has 1 aromatic rings. The molecular formula is C20H40SSiSn. The Balaban J connectivity index is 3.26. The molecule has 0 saturated carbocycles. The van der Waals surface area contributed by atoms with Crippen LogP contribution in [0.25, 0.3) is 0 Å². The number of rotatable bonds is 11. The quantitative estimate of drug-likeness (QED) is 0.325. The van der Waals surface area contributed by atoms with Gasteiger partial charge in [-0.2, -0.15) is 0 Å². The summed E-state index contributed by atoms with van der Waals surface area (Å²) in [5, 5.41) is 0. The van der Waals surface area contributed by atoms with Crippen molar-refractivity contribution in [3.8, 4) is 0 Å². The summed E-state index contributed by atoms with van der Waals surface area (Å²) in [5.74, 6) is 0. The van der Waals surface area contributed by atoms with Crippen molar-refractivity contribution in [2.75, 3.05) is 0 Å². The van der Waals surface area contributed by atoms with E-state index in [0.29, 0.717) is 0 Å². The molecule has 3 heteroatoms. The molecule has 0 aliphatic carbocycles. The molecule has 0 unspecified atom stereocenters. The molecule has 0 amide bonds. The summed E-state index contributed by atoms with van der Waals surface area (Å²) in [5.41, 5.74) is 0. The molecule has 0 spiro atoms. The molecular weight excluding hydrogens is 419 g/mol. The van der Waals surface area contributed by atoms with E-state index in [4.69, 9.17) is 0 Å². The Labute approximate surface area is 155 Å². The topological polar surface area (TPSA) is 0 Å². The Morgan fingerprint density at radius 3 is 1.61 bits per heavy atom. The van der Waals surface area contributed by atoms with Crippen molar-refractivity contribution in [3.05, 3.63) is 10.9 Å². The molecule has 0 radical (unpaired) electrons. The average Bonchev–Trinajstić information content (AvgIpc) is 2.90. The van der Waals surface area contributed by atoms with E-state index in [9.17, 15) is 0 Å². The fourth-order valence-corrected chi connectivity index (χ4v) is 25.9. The van der Waals surface area contributed by atoms with Crippen LogP contribution in [0.2, 0.25) is 33.0 Å². The van der Waals surface area contributed by atoms with Crippen LogP contribution in [0.3, 0.4) is 0 Å². The van der Waals surface area contributed by atoms with Gasteiger partial charge in [0.05, 0.1) is 0 Å². The van der Waals surface area contributed by atoms with Crippen LogP contribution >= 0.6 is 11.3 Å². The number of thiophene rings is 1. The van der Waals surface area contributed by atoms with Crippen LogP contribution in [0.1, 0.15) is 64.2 Å². The maximum absolute atomic E-state index is 2.74. The standard InChI is InChI=1S/C8H13SSi.3C4H9.Sn/c1-7-5-6-8(9-7)10(2,3)4;3*1-3-4-2;/h6H,1-4H3;3*1,3-4H2,2H3;. The number of unbranched alkanes of at least 4 members (excludes halogenated alkanes) is 3. The summed E-state index contributed by atoms with van der Waals surface area (Å²) in [4.78, 5) is 1.71. The van der Waals surface area contributed by atoms with Crippen LogP contribution in [0.15, 0.2) is 6.07 Å². The van der Waals surface area contributed by atoms with E-state index in [0.717, 1.165) is 0 Å². The monoisotopic (exact) mass is 460 g/mol. The summed E-state index contributed by atoms with van der Waals surface area (Å²) < 4.78 is 8.52. The molecule has 23 heavy (non-hydrogen) atoms. The molecule has 0 aliphatic rings. The predicted molar refractivity (Wildman–Crippen MR) is 117 cm³/mol. The van der Waals surface area contributed by atoms with Gasteiger partial charge in [-0.3, -0.25) is 0 Å². The first-order valence-corrected chi connectivity index (χ1v) is 21.7. The van der Waals surface area contributed by atoms with Gasteiger partial charge in [-0.05, 0) is 0 Å². The van der Waals surface area contributed by atoms with Gasteiger partial charge in [0.15, 0.2) is 0 Å². The fraction of sp³-hybridized carbons (Fsp3) is 0.800. The Morgan fingerprint density at radius 1 is 0.870 bits per heavy atom. The third-order valence-electron chi connectivity index (χ3n) is 5.25. The molecule has 0 nitrogen and oxygen atoms in total. The van der Waals surface area contributed by atoms with Gasteiger partial charge in [0.2, 0.25) is 0 Å². The molecule has 0 fully saturated rings. The van der Waals surface area contributed by atoms with Gasteiger partial charge in [0.1, 0.15) is 0 Å². The van der Waals surface area contributed by atoms with Gasteiger partial charge in [-0.15, -0.1) is 0 Å². The first-order chi connectivity index (χ1) is 10.8. The zero-order chi connectivity index (χ0) is 17.5. The van der Waals surface area contributed by atoms with Crippen molar-refractivity contribution in [1.82, 2.24) is 0 Å². The van der Waals surface area contributed by atoms with E-state index < -0.39 is 26.5 Å². The minimum atomic E-state index is -2.21. The molecule has 0 aromatic carbocycles. The van der Waals surface area contributed by atoms with Gasteiger partial charge in [0.25, 0.3) is 0 Å². The van der Waals surface area contributed by atoms with E-state index >= 15 is 0 Å². The van der Waals surface area contributed by atoms with Crippen LogP contribution in [0.4, 0.5) is 0 Å². The van der Waals surface area contributed by atoms with E-state index in [1.54, 1.807) is 22.7 Å². The van der Waals surface area contributed by atoms with E-state index in [1.165, 1.54) is 38.5 Å². The summed E-state index contributed by atoms with van der Waals surface area (Å²) in [7, 11) is -1.16. The Kier molecular flexibility index (Phi) is 9.47. The van der Waals surface area contributed by atoms with Crippen molar-refractivity contribution >= 4 is 45.9 Å². The summed E-state index contributed by atoms with van der Waals surface area (Å²) >= 11 is -0.0445. The number of hydrogen-bond acceptors (Lipinski definition) is 1. The van der Waals surface area contributed by atoms with Gasteiger partial charge in [0, 0.05) is 0 Å². The van der Waals surface area contributed by atoms with Crippen molar-refractivity contribution in [2.24, 2.45) is 0 Å². The van der Waals surface area contributed by atoms with Gasteiger partial charge < -0.3 is 0 Å². The molecule has 1 aromatic heterocycles. The second-order valence-electron chi connectivity index (χ2n) is 8.42. The SMILES string of the molecule is CCC[CH2][Sn]([CH2]CCC)([CH2]CCC)[c]1cc([Si](C)(C)C)sc1C. The molecule has 1 rings (SSSR count). The third-order valence-corrected chi connectivity index (χ3v) is 26.4. The van der Waals surface area contributed by atoms with Gasteiger partial charge in [-0.25, -0.2) is 0 Å². The zero-order valence-corrected chi connectivity index (χ0v) is 21.5. The van der Waals surface area contributed by atoms with E-state index in [-0.39, 0.29) is 0 Å². The van der Waals surface area contributed by atoms with Crippen molar-refractivity contribution < 1.29 is 0 Å². The second kappa shape index (κ2) is 10.0. The van der Waals surface area contributed by atoms with Crippen LogP contribution < -0.4 is 8.08 Å². The zero-order valence-electron chi connectivity index (χ0n) is 16.8. The molecule has 134 valence electrons.